The van der Waals surface area contributed by atoms with Crippen LogP contribution in [0.25, 0.3) is 22.1 Å². The lowest BCUT2D eigenvalue weighted by atomic mass is 10.1. The maximum Gasteiger partial charge on any atom is 0.227 e. The van der Waals surface area contributed by atoms with Gasteiger partial charge in [0.15, 0.2) is 0 Å². The van der Waals surface area contributed by atoms with Gasteiger partial charge in [-0.2, -0.15) is 0 Å². The smallest absolute Gasteiger partial charge is 0.227 e. The van der Waals surface area contributed by atoms with Gasteiger partial charge in [0.25, 0.3) is 0 Å². The van der Waals surface area contributed by atoms with Crippen molar-refractivity contribution in [2.75, 3.05) is 0 Å². The molecule has 0 atom stereocenters. The number of nitrogens with one attached hydrogen (secondary N) is 2. The highest BCUT2D eigenvalue weighted by atomic mass is 16.3. The van der Waals surface area contributed by atoms with Crippen LogP contribution in [0.3, 0.4) is 0 Å². The topological polar surface area (TPSA) is 102 Å². The number of rotatable bonds is 4. The van der Waals surface area contributed by atoms with E-state index in [4.69, 9.17) is 0 Å². The van der Waals surface area contributed by atoms with E-state index in [9.17, 15) is 5.11 Å². The number of aromatic hydroxyl groups is 1. The SMILES string of the molecule is Cc1cc(/C=N/c2nc3ccccc3[nH]2)c(O)c(/C=N/c2nc3ccccc3[nH]2)c1. The Morgan fingerprint density at radius 2 is 1.23 bits per heavy atom. The fourth-order valence-electron chi connectivity index (χ4n) is 3.29. The minimum atomic E-state index is 0.0975. The van der Waals surface area contributed by atoms with Crippen molar-refractivity contribution >= 4 is 46.4 Å². The molecule has 0 aliphatic carbocycles. The van der Waals surface area contributed by atoms with E-state index in [0.717, 1.165) is 27.6 Å². The van der Waals surface area contributed by atoms with Gasteiger partial charge in [0, 0.05) is 23.6 Å². The molecule has 0 spiro atoms. The Balaban J connectivity index is 1.45. The predicted octanol–water partition coefficient (Wildman–Crippen LogP) is 4.95. The number of fused-ring (bicyclic) bond motifs is 2. The molecule has 5 aromatic rings. The van der Waals surface area contributed by atoms with Crippen LogP contribution in [-0.2, 0) is 0 Å². The number of aryl methyl sites for hydroxylation is 1. The first kappa shape index (κ1) is 17.8. The highest BCUT2D eigenvalue weighted by Gasteiger charge is 2.07. The molecule has 2 heterocycles. The van der Waals surface area contributed by atoms with Gasteiger partial charge in [-0.05, 0) is 48.9 Å². The molecule has 7 heteroatoms. The molecular weight excluding hydrogens is 376 g/mol. The second-order valence-corrected chi connectivity index (χ2v) is 6.96. The number of aliphatic imine (C=N–C) groups is 2. The van der Waals surface area contributed by atoms with Crippen LogP contribution in [0.5, 0.6) is 5.75 Å². The Morgan fingerprint density at radius 1 is 0.767 bits per heavy atom. The van der Waals surface area contributed by atoms with E-state index < -0.39 is 0 Å². The molecule has 0 saturated carbocycles. The summed E-state index contributed by atoms with van der Waals surface area (Å²) in [4.78, 5) is 23.9. The fourth-order valence-corrected chi connectivity index (χ4v) is 3.29. The average Bonchev–Trinajstić information content (AvgIpc) is 3.36. The molecule has 30 heavy (non-hydrogen) atoms. The van der Waals surface area contributed by atoms with E-state index in [0.29, 0.717) is 23.0 Å². The Hall–Kier alpha value is -4.26. The van der Waals surface area contributed by atoms with Gasteiger partial charge in [-0.1, -0.05) is 24.3 Å². The lowest BCUT2D eigenvalue weighted by molar-refractivity contribution is 0.473. The lowest BCUT2D eigenvalue weighted by Gasteiger charge is -2.05. The third kappa shape index (κ3) is 3.44. The quantitative estimate of drug-likeness (QED) is 0.376. The Labute approximate surface area is 171 Å². The second kappa shape index (κ2) is 7.29. The highest BCUT2D eigenvalue weighted by Crippen LogP contribution is 2.24. The zero-order valence-electron chi connectivity index (χ0n) is 16.2. The van der Waals surface area contributed by atoms with Crippen molar-refractivity contribution in [2.45, 2.75) is 6.92 Å². The molecule has 2 aromatic heterocycles. The number of nitrogens with zero attached hydrogens (tertiary/aromatic N) is 4. The standard InChI is InChI=1S/C23H18N6O/c1-14-10-15(12-24-22-26-17-6-2-3-7-18(17)27-22)21(30)16(11-14)13-25-23-28-19-8-4-5-9-20(19)29-23/h2-13,30H,1H3,(H,26,27)(H,28,29)/b24-12+,25-13+. The molecular formula is C23H18N6O. The van der Waals surface area contributed by atoms with Gasteiger partial charge in [-0.25, -0.2) is 20.0 Å². The first-order valence-corrected chi connectivity index (χ1v) is 9.47. The molecule has 3 N–H and O–H groups in total. The van der Waals surface area contributed by atoms with E-state index in [1.54, 1.807) is 12.4 Å². The summed E-state index contributed by atoms with van der Waals surface area (Å²) in [5.41, 5.74) is 5.66. The lowest BCUT2D eigenvalue weighted by Crippen LogP contribution is -1.92. The molecule has 0 saturated heterocycles. The van der Waals surface area contributed by atoms with E-state index in [1.807, 2.05) is 67.6 Å². The molecule has 0 fully saturated rings. The number of hydrogen-bond donors (Lipinski definition) is 3. The minimum Gasteiger partial charge on any atom is -0.507 e. The third-order valence-electron chi connectivity index (χ3n) is 4.72. The van der Waals surface area contributed by atoms with Crippen LogP contribution in [0, 0.1) is 6.92 Å². The van der Waals surface area contributed by atoms with Gasteiger partial charge in [0.2, 0.25) is 11.9 Å². The molecule has 0 aliphatic heterocycles. The Kier molecular flexibility index (Phi) is 4.33. The van der Waals surface area contributed by atoms with Crippen molar-refractivity contribution in [2.24, 2.45) is 9.98 Å². The summed E-state index contributed by atoms with van der Waals surface area (Å²) in [5.74, 6) is 1.06. The largest absolute Gasteiger partial charge is 0.507 e. The van der Waals surface area contributed by atoms with Crippen LogP contribution in [0.2, 0.25) is 0 Å². The fraction of sp³-hybridized carbons (Fsp3) is 0.0435. The molecule has 0 amide bonds. The number of aromatic nitrogens is 4. The first-order valence-electron chi connectivity index (χ1n) is 9.47. The molecule has 0 bridgehead atoms. The second-order valence-electron chi connectivity index (χ2n) is 6.96. The Bertz CT molecular complexity index is 1260. The molecule has 5 rings (SSSR count). The van der Waals surface area contributed by atoms with Gasteiger partial charge < -0.3 is 15.1 Å². The molecule has 0 radical (unpaired) electrons. The number of H-pyrrole nitrogens is 2. The summed E-state index contributed by atoms with van der Waals surface area (Å²) in [6.45, 7) is 1.95. The molecule has 7 nitrogen and oxygen atoms in total. The van der Waals surface area contributed by atoms with Crippen molar-refractivity contribution in [3.05, 3.63) is 77.4 Å². The number of phenols is 1. The molecule has 0 unspecified atom stereocenters. The predicted molar refractivity (Wildman–Crippen MR) is 120 cm³/mol. The number of imidazole rings is 2. The van der Waals surface area contributed by atoms with Crippen molar-refractivity contribution < 1.29 is 5.11 Å². The van der Waals surface area contributed by atoms with Crippen LogP contribution in [0.4, 0.5) is 11.9 Å². The van der Waals surface area contributed by atoms with Crippen LogP contribution in [0.15, 0.2) is 70.6 Å². The number of aromatic amines is 2. The van der Waals surface area contributed by atoms with Gasteiger partial charge in [0.1, 0.15) is 5.75 Å². The van der Waals surface area contributed by atoms with E-state index in [1.165, 1.54) is 0 Å². The van der Waals surface area contributed by atoms with Gasteiger partial charge >= 0.3 is 0 Å². The van der Waals surface area contributed by atoms with E-state index in [2.05, 4.69) is 29.9 Å². The van der Waals surface area contributed by atoms with E-state index >= 15 is 0 Å². The zero-order valence-corrected chi connectivity index (χ0v) is 16.2. The third-order valence-corrected chi connectivity index (χ3v) is 4.72. The van der Waals surface area contributed by atoms with Crippen LogP contribution in [-0.4, -0.2) is 37.5 Å². The maximum atomic E-state index is 10.7. The van der Waals surface area contributed by atoms with E-state index in [-0.39, 0.29) is 5.75 Å². The van der Waals surface area contributed by atoms with Crippen molar-refractivity contribution in [1.82, 2.24) is 19.9 Å². The highest BCUT2D eigenvalue weighted by molar-refractivity contribution is 5.94. The summed E-state index contributed by atoms with van der Waals surface area (Å²) >= 11 is 0. The average molecular weight is 394 g/mol. The Morgan fingerprint density at radius 3 is 1.70 bits per heavy atom. The zero-order chi connectivity index (χ0) is 20.5. The van der Waals surface area contributed by atoms with Crippen LogP contribution in [0.1, 0.15) is 16.7 Å². The summed E-state index contributed by atoms with van der Waals surface area (Å²) in [6, 6.07) is 19.2. The van der Waals surface area contributed by atoms with Gasteiger partial charge in [0.05, 0.1) is 22.1 Å². The summed E-state index contributed by atoms with van der Waals surface area (Å²) < 4.78 is 0. The van der Waals surface area contributed by atoms with Crippen molar-refractivity contribution in [3.63, 3.8) is 0 Å². The van der Waals surface area contributed by atoms with Crippen molar-refractivity contribution in [3.8, 4) is 5.75 Å². The van der Waals surface area contributed by atoms with Crippen LogP contribution >= 0.6 is 0 Å². The molecule has 146 valence electrons. The number of hydrogen-bond acceptors (Lipinski definition) is 5. The number of phenolic OH excluding ortho intramolecular Hbond substituents is 1. The summed E-state index contributed by atoms with van der Waals surface area (Å²) in [7, 11) is 0. The monoisotopic (exact) mass is 394 g/mol. The molecule has 0 aliphatic rings. The van der Waals surface area contributed by atoms with Crippen molar-refractivity contribution in [1.29, 1.82) is 0 Å². The first-order chi connectivity index (χ1) is 14.7. The van der Waals surface area contributed by atoms with Gasteiger partial charge in [-0.15, -0.1) is 0 Å². The van der Waals surface area contributed by atoms with Crippen LogP contribution < -0.4 is 0 Å². The number of para-hydroxylation sites is 4. The maximum absolute atomic E-state index is 10.7. The summed E-state index contributed by atoms with van der Waals surface area (Å²) in [6.07, 6.45) is 3.19. The normalized spacial score (nSPS) is 12.0. The minimum absolute atomic E-state index is 0.0975. The number of benzene rings is 3. The molecule has 3 aromatic carbocycles. The summed E-state index contributed by atoms with van der Waals surface area (Å²) in [5, 5.41) is 10.7. The van der Waals surface area contributed by atoms with Gasteiger partial charge in [-0.3, -0.25) is 0 Å².